The molecule has 1 aliphatic rings. The van der Waals surface area contributed by atoms with Crippen LogP contribution in [0.2, 0.25) is 5.02 Å². The molecule has 2 N–H and O–H groups in total. The van der Waals surface area contributed by atoms with Gasteiger partial charge in [0.2, 0.25) is 0 Å². The smallest absolute Gasteiger partial charge is 0.251 e. The molecule has 1 aromatic rings. The van der Waals surface area contributed by atoms with Crippen LogP contribution in [0, 0.1) is 5.82 Å². The topological polar surface area (TPSA) is 41.1 Å². The average Bonchev–Trinajstić information content (AvgIpc) is 2.35. The predicted molar refractivity (Wildman–Crippen MR) is 76.6 cm³/mol. The highest BCUT2D eigenvalue weighted by molar-refractivity contribution is 6.30. The Morgan fingerprint density at radius 3 is 2.89 bits per heavy atom. The number of amides is 1. The summed E-state index contributed by atoms with van der Waals surface area (Å²) < 4.78 is 13.3. The van der Waals surface area contributed by atoms with Crippen molar-refractivity contribution in [1.82, 2.24) is 10.6 Å². The fraction of sp³-hybridized carbons (Fsp3) is 0.462. The van der Waals surface area contributed by atoms with Gasteiger partial charge in [-0.25, -0.2) is 4.39 Å². The fourth-order valence-corrected chi connectivity index (χ4v) is 2.25. The van der Waals surface area contributed by atoms with E-state index in [-0.39, 0.29) is 35.4 Å². The first kappa shape index (κ1) is 16.2. The molecule has 0 radical (unpaired) electrons. The maximum Gasteiger partial charge on any atom is 0.251 e. The molecule has 1 aliphatic heterocycles. The van der Waals surface area contributed by atoms with E-state index in [9.17, 15) is 9.18 Å². The van der Waals surface area contributed by atoms with Crippen LogP contribution in [-0.2, 0) is 0 Å². The van der Waals surface area contributed by atoms with Crippen LogP contribution in [0.25, 0.3) is 0 Å². The second-order valence-corrected chi connectivity index (χ2v) is 5.00. The van der Waals surface area contributed by atoms with Crippen molar-refractivity contribution in [2.24, 2.45) is 0 Å². The molecular formula is C13H17Cl2FN2O. The van der Waals surface area contributed by atoms with Gasteiger partial charge in [-0.15, -0.1) is 12.4 Å². The molecule has 19 heavy (non-hydrogen) atoms. The number of halogens is 3. The Balaban J connectivity index is 0.00000180. The number of carbonyl (C=O) groups excluding carboxylic acids is 1. The van der Waals surface area contributed by atoms with Crippen LogP contribution < -0.4 is 10.6 Å². The molecule has 0 spiro atoms. The van der Waals surface area contributed by atoms with E-state index in [0.29, 0.717) is 5.56 Å². The zero-order valence-corrected chi connectivity index (χ0v) is 12.2. The number of piperidine rings is 1. The van der Waals surface area contributed by atoms with Crippen molar-refractivity contribution in [1.29, 1.82) is 0 Å². The first-order valence-electron chi connectivity index (χ1n) is 6.07. The fourth-order valence-electron chi connectivity index (χ4n) is 2.13. The first-order chi connectivity index (χ1) is 8.58. The summed E-state index contributed by atoms with van der Waals surface area (Å²) in [6.07, 6.45) is 1.97. The third kappa shape index (κ3) is 4.06. The van der Waals surface area contributed by atoms with Gasteiger partial charge in [0.15, 0.2) is 0 Å². The van der Waals surface area contributed by atoms with Gasteiger partial charge in [0, 0.05) is 17.6 Å². The van der Waals surface area contributed by atoms with E-state index in [0.717, 1.165) is 19.4 Å². The molecule has 1 amide bonds. The van der Waals surface area contributed by atoms with E-state index in [1.165, 1.54) is 18.2 Å². The standard InChI is InChI=1S/C13H16ClFN2O.ClH/c1-8-12(3-2-6-16-8)17-13(18)9-4-5-10(14)11(15)7-9;/h4-5,7-8,12,16H,2-3,6H2,1H3,(H,17,18);1H. The number of benzene rings is 1. The molecule has 0 bridgehead atoms. The molecule has 106 valence electrons. The Bertz CT molecular complexity index is 456. The molecule has 1 heterocycles. The van der Waals surface area contributed by atoms with Gasteiger partial charge in [0.05, 0.1) is 5.02 Å². The second kappa shape index (κ2) is 7.08. The van der Waals surface area contributed by atoms with E-state index < -0.39 is 5.82 Å². The van der Waals surface area contributed by atoms with E-state index in [1.54, 1.807) is 0 Å². The second-order valence-electron chi connectivity index (χ2n) is 4.59. The molecule has 3 nitrogen and oxygen atoms in total. The van der Waals surface area contributed by atoms with Gasteiger partial charge in [-0.05, 0) is 44.5 Å². The van der Waals surface area contributed by atoms with Crippen molar-refractivity contribution in [2.75, 3.05) is 6.54 Å². The van der Waals surface area contributed by atoms with Crippen LogP contribution in [0.3, 0.4) is 0 Å². The lowest BCUT2D eigenvalue weighted by atomic mass is 9.99. The normalized spacial score (nSPS) is 22.5. The van der Waals surface area contributed by atoms with Crippen molar-refractivity contribution in [2.45, 2.75) is 31.8 Å². The summed E-state index contributed by atoms with van der Waals surface area (Å²) in [4.78, 5) is 12.0. The predicted octanol–water partition coefficient (Wildman–Crippen LogP) is 2.77. The van der Waals surface area contributed by atoms with Gasteiger partial charge < -0.3 is 10.6 Å². The molecule has 0 aliphatic carbocycles. The summed E-state index contributed by atoms with van der Waals surface area (Å²) in [5, 5.41) is 6.25. The lowest BCUT2D eigenvalue weighted by Gasteiger charge is -2.30. The van der Waals surface area contributed by atoms with Crippen LogP contribution in [-0.4, -0.2) is 24.5 Å². The Hall–Kier alpha value is -0.840. The minimum Gasteiger partial charge on any atom is -0.348 e. The van der Waals surface area contributed by atoms with E-state index in [2.05, 4.69) is 10.6 Å². The first-order valence-corrected chi connectivity index (χ1v) is 6.45. The zero-order chi connectivity index (χ0) is 13.1. The Kier molecular flexibility index (Phi) is 6.04. The molecule has 2 rings (SSSR count). The number of rotatable bonds is 2. The van der Waals surface area contributed by atoms with Crippen molar-refractivity contribution in [3.05, 3.63) is 34.6 Å². The summed E-state index contributed by atoms with van der Waals surface area (Å²) in [5.74, 6) is -0.828. The molecule has 1 saturated heterocycles. The molecule has 2 atom stereocenters. The monoisotopic (exact) mass is 306 g/mol. The van der Waals surface area contributed by atoms with Crippen molar-refractivity contribution in [3.63, 3.8) is 0 Å². The van der Waals surface area contributed by atoms with Crippen LogP contribution in [0.5, 0.6) is 0 Å². The molecule has 1 aromatic carbocycles. The Labute approximate surface area is 123 Å². The van der Waals surface area contributed by atoms with Gasteiger partial charge in [0.25, 0.3) is 5.91 Å². The minimum absolute atomic E-state index is 0. The highest BCUT2D eigenvalue weighted by atomic mass is 35.5. The van der Waals surface area contributed by atoms with Crippen molar-refractivity contribution < 1.29 is 9.18 Å². The lowest BCUT2D eigenvalue weighted by molar-refractivity contribution is 0.0919. The summed E-state index contributed by atoms with van der Waals surface area (Å²) in [7, 11) is 0. The van der Waals surface area contributed by atoms with Crippen LogP contribution in [0.15, 0.2) is 18.2 Å². The van der Waals surface area contributed by atoms with Crippen LogP contribution in [0.1, 0.15) is 30.1 Å². The maximum atomic E-state index is 13.3. The van der Waals surface area contributed by atoms with Gasteiger partial charge in [0.1, 0.15) is 5.82 Å². The minimum atomic E-state index is -0.570. The van der Waals surface area contributed by atoms with Gasteiger partial charge in [-0.1, -0.05) is 11.6 Å². The SMILES string of the molecule is CC1NCCCC1NC(=O)c1ccc(Cl)c(F)c1.Cl. The van der Waals surface area contributed by atoms with Crippen molar-refractivity contribution >= 4 is 29.9 Å². The Morgan fingerprint density at radius 2 is 2.26 bits per heavy atom. The summed E-state index contributed by atoms with van der Waals surface area (Å²) in [6, 6.07) is 4.42. The van der Waals surface area contributed by atoms with E-state index in [1.807, 2.05) is 6.92 Å². The lowest BCUT2D eigenvalue weighted by Crippen LogP contribution is -2.51. The maximum absolute atomic E-state index is 13.3. The van der Waals surface area contributed by atoms with Crippen LogP contribution in [0.4, 0.5) is 4.39 Å². The zero-order valence-electron chi connectivity index (χ0n) is 10.6. The Morgan fingerprint density at radius 1 is 1.53 bits per heavy atom. The van der Waals surface area contributed by atoms with E-state index in [4.69, 9.17) is 11.6 Å². The van der Waals surface area contributed by atoms with E-state index >= 15 is 0 Å². The third-order valence-electron chi connectivity index (χ3n) is 3.26. The van der Waals surface area contributed by atoms with Crippen LogP contribution >= 0.6 is 24.0 Å². The quantitative estimate of drug-likeness (QED) is 0.882. The number of nitrogens with one attached hydrogen (secondary N) is 2. The van der Waals surface area contributed by atoms with Gasteiger partial charge in [-0.3, -0.25) is 4.79 Å². The summed E-state index contributed by atoms with van der Waals surface area (Å²) in [6.45, 7) is 3.01. The molecule has 2 unspecified atom stereocenters. The third-order valence-corrected chi connectivity index (χ3v) is 3.57. The van der Waals surface area contributed by atoms with Gasteiger partial charge in [-0.2, -0.15) is 0 Å². The molecule has 0 aromatic heterocycles. The molecule has 0 saturated carbocycles. The molecular weight excluding hydrogens is 290 g/mol. The largest absolute Gasteiger partial charge is 0.348 e. The number of hydrogen-bond acceptors (Lipinski definition) is 2. The average molecular weight is 307 g/mol. The summed E-state index contributed by atoms with van der Waals surface area (Å²) in [5.41, 5.74) is 0.301. The highest BCUT2D eigenvalue weighted by Gasteiger charge is 2.23. The number of carbonyl (C=O) groups is 1. The molecule has 1 fully saturated rings. The highest BCUT2D eigenvalue weighted by Crippen LogP contribution is 2.16. The number of hydrogen-bond donors (Lipinski definition) is 2. The van der Waals surface area contributed by atoms with Crippen molar-refractivity contribution in [3.8, 4) is 0 Å². The van der Waals surface area contributed by atoms with Gasteiger partial charge >= 0.3 is 0 Å². The summed E-state index contributed by atoms with van der Waals surface area (Å²) >= 11 is 5.58. The molecule has 6 heteroatoms.